The van der Waals surface area contributed by atoms with Crippen LogP contribution < -0.4 is 0 Å². The molecule has 0 saturated heterocycles. The maximum absolute atomic E-state index is 5.73. The Morgan fingerprint density at radius 2 is 1.60 bits per heavy atom. The molecule has 5 rings (SSSR count). The van der Waals surface area contributed by atoms with Gasteiger partial charge in [0.15, 0.2) is 5.90 Å². The Morgan fingerprint density at radius 3 is 2.13 bits per heavy atom. The summed E-state index contributed by atoms with van der Waals surface area (Å²) in [5.74, 6) is 5.84. The van der Waals surface area contributed by atoms with Crippen molar-refractivity contribution in [1.82, 2.24) is 0 Å². The van der Waals surface area contributed by atoms with Crippen LogP contribution in [0.1, 0.15) is 32.1 Å². The van der Waals surface area contributed by atoms with Gasteiger partial charge in [-0.1, -0.05) is 0 Å². The smallest absolute Gasteiger partial charge is 0.187 e. The fourth-order valence-electron chi connectivity index (χ4n) is 4.88. The van der Waals surface area contributed by atoms with Crippen LogP contribution in [-0.4, -0.2) is 19.0 Å². The topological polar surface area (TPSA) is 21.6 Å². The molecule has 4 fully saturated rings. The molecule has 1 heterocycles. The van der Waals surface area contributed by atoms with Crippen LogP contribution in [-0.2, 0) is 4.74 Å². The maximum Gasteiger partial charge on any atom is 0.187 e. The van der Waals surface area contributed by atoms with E-state index in [0.717, 1.165) is 48.6 Å². The number of aliphatic imine (C=N–C) groups is 1. The van der Waals surface area contributed by atoms with Crippen LogP contribution in [0.2, 0.25) is 0 Å². The molecule has 4 saturated carbocycles. The quantitative estimate of drug-likeness (QED) is 0.644. The Kier molecular flexibility index (Phi) is 1.71. The summed E-state index contributed by atoms with van der Waals surface area (Å²) in [6.07, 6.45) is 7.42. The number of hydrogen-bond acceptors (Lipinski definition) is 2. The molecule has 82 valence electrons. The molecule has 0 aromatic carbocycles. The summed E-state index contributed by atoms with van der Waals surface area (Å²) >= 11 is 0. The van der Waals surface area contributed by atoms with E-state index in [-0.39, 0.29) is 0 Å². The summed E-state index contributed by atoms with van der Waals surface area (Å²) < 4.78 is 5.73. The summed E-state index contributed by atoms with van der Waals surface area (Å²) in [5.41, 5.74) is 0. The molecule has 0 spiro atoms. The van der Waals surface area contributed by atoms with E-state index in [2.05, 4.69) is 4.99 Å². The van der Waals surface area contributed by atoms with Gasteiger partial charge in [0.05, 0.1) is 6.54 Å². The van der Waals surface area contributed by atoms with Crippen molar-refractivity contribution in [3.8, 4) is 0 Å². The van der Waals surface area contributed by atoms with E-state index in [9.17, 15) is 0 Å². The molecule has 0 N–H and O–H groups in total. The summed E-state index contributed by atoms with van der Waals surface area (Å²) in [6, 6.07) is 0. The first-order chi connectivity index (χ1) is 7.40. The Balaban J connectivity index is 1.64. The van der Waals surface area contributed by atoms with Gasteiger partial charge >= 0.3 is 0 Å². The van der Waals surface area contributed by atoms with E-state index in [1.807, 2.05) is 0 Å². The summed E-state index contributed by atoms with van der Waals surface area (Å²) in [7, 11) is 0. The lowest BCUT2D eigenvalue weighted by molar-refractivity contribution is -0.0153. The van der Waals surface area contributed by atoms with Crippen molar-refractivity contribution in [1.29, 1.82) is 0 Å². The zero-order valence-electron chi connectivity index (χ0n) is 9.19. The fourth-order valence-corrected chi connectivity index (χ4v) is 4.88. The average Bonchev–Trinajstić information content (AvgIpc) is 2.69. The minimum atomic E-state index is 0.722. The van der Waals surface area contributed by atoms with Crippen LogP contribution in [0, 0.1) is 29.6 Å². The zero-order valence-corrected chi connectivity index (χ0v) is 9.19. The molecule has 0 aromatic heterocycles. The standard InChI is InChI=1S/C13H19NO/c1-2-15-13(14-1)12-10-4-8-3-9(6-10)7-11(12)5-8/h8-12H,1-7H2. The molecular weight excluding hydrogens is 186 g/mol. The highest BCUT2D eigenvalue weighted by Crippen LogP contribution is 2.57. The Morgan fingerprint density at radius 1 is 0.933 bits per heavy atom. The van der Waals surface area contributed by atoms with Gasteiger partial charge in [-0.15, -0.1) is 0 Å². The highest BCUT2D eigenvalue weighted by atomic mass is 16.5. The first kappa shape index (κ1) is 8.60. The minimum Gasteiger partial charge on any atom is -0.479 e. The van der Waals surface area contributed by atoms with Gasteiger partial charge in [0, 0.05) is 5.92 Å². The summed E-state index contributed by atoms with van der Waals surface area (Å²) in [6.45, 7) is 1.76. The second-order valence-electron chi connectivity index (χ2n) is 6.02. The average molecular weight is 205 g/mol. The molecule has 2 heteroatoms. The van der Waals surface area contributed by atoms with E-state index in [0.29, 0.717) is 0 Å². The predicted molar refractivity (Wildman–Crippen MR) is 58.8 cm³/mol. The van der Waals surface area contributed by atoms with Gasteiger partial charge in [-0.3, -0.25) is 4.99 Å². The Labute approximate surface area is 91.1 Å². The van der Waals surface area contributed by atoms with Crippen molar-refractivity contribution < 1.29 is 4.74 Å². The van der Waals surface area contributed by atoms with Gasteiger partial charge in [0.2, 0.25) is 0 Å². The van der Waals surface area contributed by atoms with Crippen molar-refractivity contribution in [3.63, 3.8) is 0 Å². The SMILES string of the molecule is C1COC(C2C3CC4CC(C3)CC2C4)=N1. The lowest BCUT2D eigenvalue weighted by atomic mass is 9.52. The second kappa shape index (κ2) is 2.99. The zero-order chi connectivity index (χ0) is 9.83. The van der Waals surface area contributed by atoms with E-state index in [1.54, 1.807) is 0 Å². The molecule has 15 heavy (non-hydrogen) atoms. The van der Waals surface area contributed by atoms with Gasteiger partial charge in [-0.25, -0.2) is 0 Å². The van der Waals surface area contributed by atoms with Gasteiger partial charge in [0.1, 0.15) is 6.61 Å². The highest BCUT2D eigenvalue weighted by molar-refractivity contribution is 5.80. The number of ether oxygens (including phenoxy) is 1. The van der Waals surface area contributed by atoms with Crippen molar-refractivity contribution in [2.45, 2.75) is 32.1 Å². The van der Waals surface area contributed by atoms with Crippen LogP contribution in [0.5, 0.6) is 0 Å². The molecule has 4 aliphatic carbocycles. The Hall–Kier alpha value is -0.530. The number of rotatable bonds is 1. The van der Waals surface area contributed by atoms with Gasteiger partial charge < -0.3 is 4.74 Å². The molecule has 2 nitrogen and oxygen atoms in total. The maximum atomic E-state index is 5.73. The molecule has 0 radical (unpaired) electrons. The molecular formula is C13H19NO. The third-order valence-corrected chi connectivity index (χ3v) is 5.12. The van der Waals surface area contributed by atoms with E-state index in [1.165, 1.54) is 32.1 Å². The molecule has 5 aliphatic rings. The van der Waals surface area contributed by atoms with Crippen molar-refractivity contribution in [2.24, 2.45) is 34.6 Å². The number of hydrogen-bond donors (Lipinski definition) is 0. The molecule has 0 amide bonds. The normalized spacial score (nSPS) is 51.7. The second-order valence-corrected chi connectivity index (χ2v) is 6.02. The van der Waals surface area contributed by atoms with Gasteiger partial charge in [-0.05, 0) is 55.8 Å². The van der Waals surface area contributed by atoms with Crippen molar-refractivity contribution in [3.05, 3.63) is 0 Å². The lowest BCUT2D eigenvalue weighted by Crippen LogP contribution is -2.48. The van der Waals surface area contributed by atoms with Gasteiger partial charge in [-0.2, -0.15) is 0 Å². The van der Waals surface area contributed by atoms with E-state index in [4.69, 9.17) is 4.74 Å². The first-order valence-corrected chi connectivity index (χ1v) is 6.57. The van der Waals surface area contributed by atoms with Crippen LogP contribution in [0.4, 0.5) is 0 Å². The lowest BCUT2D eigenvalue weighted by Gasteiger charge is -2.53. The van der Waals surface area contributed by atoms with E-state index < -0.39 is 0 Å². The minimum absolute atomic E-state index is 0.722. The van der Waals surface area contributed by atoms with Gasteiger partial charge in [0.25, 0.3) is 0 Å². The van der Waals surface area contributed by atoms with Crippen molar-refractivity contribution in [2.75, 3.05) is 13.2 Å². The highest BCUT2D eigenvalue weighted by Gasteiger charge is 2.50. The monoisotopic (exact) mass is 205 g/mol. The molecule has 4 bridgehead atoms. The van der Waals surface area contributed by atoms with E-state index >= 15 is 0 Å². The summed E-state index contributed by atoms with van der Waals surface area (Å²) in [5, 5.41) is 0. The molecule has 0 unspecified atom stereocenters. The van der Waals surface area contributed by atoms with Crippen LogP contribution in [0.3, 0.4) is 0 Å². The third kappa shape index (κ3) is 1.20. The van der Waals surface area contributed by atoms with Crippen LogP contribution in [0.25, 0.3) is 0 Å². The number of nitrogens with zero attached hydrogens (tertiary/aromatic N) is 1. The summed E-state index contributed by atoms with van der Waals surface area (Å²) in [4.78, 5) is 4.58. The first-order valence-electron chi connectivity index (χ1n) is 6.57. The molecule has 0 aromatic rings. The van der Waals surface area contributed by atoms with Crippen molar-refractivity contribution >= 4 is 5.90 Å². The predicted octanol–water partition coefficient (Wildman–Crippen LogP) is 2.49. The molecule has 0 atom stereocenters. The third-order valence-electron chi connectivity index (χ3n) is 5.12. The van der Waals surface area contributed by atoms with Crippen LogP contribution in [0.15, 0.2) is 4.99 Å². The van der Waals surface area contributed by atoms with Crippen LogP contribution >= 0.6 is 0 Å². The Bertz CT molecular complexity index is 282. The fraction of sp³-hybridized carbons (Fsp3) is 0.923. The largest absolute Gasteiger partial charge is 0.479 e. The molecule has 1 aliphatic heterocycles.